The molecule has 0 radical (unpaired) electrons. The lowest BCUT2D eigenvalue weighted by molar-refractivity contribution is -0.384. The number of nitrogens with one attached hydrogen (secondary N) is 1. The highest BCUT2D eigenvalue weighted by Gasteiger charge is 2.24. The summed E-state index contributed by atoms with van der Waals surface area (Å²) >= 11 is 0. The number of aromatic carboxylic acids is 1. The molecule has 1 atom stereocenters. The van der Waals surface area contributed by atoms with Crippen LogP contribution in [0.2, 0.25) is 0 Å². The van der Waals surface area contributed by atoms with E-state index < -0.39 is 28.8 Å². The Labute approximate surface area is 147 Å². The van der Waals surface area contributed by atoms with Crippen molar-refractivity contribution in [1.29, 1.82) is 0 Å². The molecule has 0 bridgehead atoms. The molecule has 1 amide bonds. The van der Waals surface area contributed by atoms with E-state index in [0.717, 1.165) is 0 Å². The van der Waals surface area contributed by atoms with E-state index in [1.165, 1.54) is 48.5 Å². The predicted molar refractivity (Wildman–Crippen MR) is 89.1 cm³/mol. The second kappa shape index (κ2) is 7.88. The average Bonchev–Trinajstić information content (AvgIpc) is 2.61. The minimum absolute atomic E-state index is 0.117. The molecule has 0 aromatic heterocycles. The number of nitro groups is 1. The molecule has 9 heteroatoms. The number of carbonyl (C=O) groups is 3. The van der Waals surface area contributed by atoms with Crippen LogP contribution >= 0.6 is 0 Å². The normalized spacial score (nSPS) is 11.4. The van der Waals surface area contributed by atoms with E-state index in [-0.39, 0.29) is 23.2 Å². The zero-order valence-electron chi connectivity index (χ0n) is 13.3. The molecule has 0 spiro atoms. The summed E-state index contributed by atoms with van der Waals surface area (Å²) in [6, 6.07) is 9.36. The van der Waals surface area contributed by atoms with Gasteiger partial charge in [-0.3, -0.25) is 14.9 Å². The molecule has 1 unspecified atom stereocenters. The summed E-state index contributed by atoms with van der Waals surface area (Å²) in [4.78, 5) is 44.9. The number of carbonyl (C=O) groups excluding carboxylic acids is 1. The largest absolute Gasteiger partial charge is 0.480 e. The first-order valence-corrected chi connectivity index (χ1v) is 7.39. The lowest BCUT2D eigenvalue weighted by atomic mass is 10.0. The van der Waals surface area contributed by atoms with Crippen molar-refractivity contribution in [3.8, 4) is 0 Å². The van der Waals surface area contributed by atoms with E-state index in [1.807, 2.05) is 0 Å². The Balaban J connectivity index is 2.18. The lowest BCUT2D eigenvalue weighted by Crippen LogP contribution is -2.42. The number of nitrogens with zero attached hydrogens (tertiary/aromatic N) is 1. The fraction of sp³-hybridized carbons (Fsp3) is 0.118. The smallest absolute Gasteiger partial charge is 0.336 e. The maximum Gasteiger partial charge on any atom is 0.336 e. The first-order chi connectivity index (χ1) is 12.3. The fourth-order valence-electron chi connectivity index (χ4n) is 2.29. The third kappa shape index (κ3) is 4.41. The molecule has 2 aromatic rings. The van der Waals surface area contributed by atoms with Gasteiger partial charge in [-0.2, -0.15) is 0 Å². The molecule has 2 rings (SSSR count). The summed E-state index contributed by atoms with van der Waals surface area (Å²) in [6.07, 6.45) is -0.117. The van der Waals surface area contributed by atoms with Crippen LogP contribution in [0.4, 0.5) is 5.69 Å². The van der Waals surface area contributed by atoms with Gasteiger partial charge in [0.05, 0.1) is 16.1 Å². The molecule has 0 aliphatic rings. The number of aliphatic carboxylic acids is 1. The van der Waals surface area contributed by atoms with Crippen LogP contribution in [0.25, 0.3) is 0 Å². The number of hydrogen-bond donors (Lipinski definition) is 3. The molecule has 0 aliphatic carbocycles. The fourth-order valence-corrected chi connectivity index (χ4v) is 2.29. The van der Waals surface area contributed by atoms with Crippen molar-refractivity contribution < 1.29 is 29.5 Å². The van der Waals surface area contributed by atoms with Crippen molar-refractivity contribution in [1.82, 2.24) is 5.32 Å². The quantitative estimate of drug-likeness (QED) is 0.504. The maximum atomic E-state index is 12.3. The summed E-state index contributed by atoms with van der Waals surface area (Å²) in [7, 11) is 0. The molecule has 0 aliphatic heterocycles. The van der Waals surface area contributed by atoms with Gasteiger partial charge in [0.2, 0.25) is 0 Å². The minimum Gasteiger partial charge on any atom is -0.480 e. The summed E-state index contributed by atoms with van der Waals surface area (Å²) in [6.45, 7) is 0. The molecule has 26 heavy (non-hydrogen) atoms. The maximum absolute atomic E-state index is 12.3. The molecule has 3 N–H and O–H groups in total. The number of benzene rings is 2. The van der Waals surface area contributed by atoms with Crippen LogP contribution in [0.3, 0.4) is 0 Å². The Hall–Kier alpha value is -3.75. The van der Waals surface area contributed by atoms with E-state index >= 15 is 0 Å². The summed E-state index contributed by atoms with van der Waals surface area (Å²) < 4.78 is 0. The summed E-state index contributed by atoms with van der Waals surface area (Å²) in [5.41, 5.74) is -0.0747. The second-order valence-electron chi connectivity index (χ2n) is 5.34. The highest BCUT2D eigenvalue weighted by Crippen LogP contribution is 2.14. The molecule has 0 fully saturated rings. The second-order valence-corrected chi connectivity index (χ2v) is 5.34. The Morgan fingerprint density at radius 1 is 1.00 bits per heavy atom. The van der Waals surface area contributed by atoms with Crippen LogP contribution < -0.4 is 5.32 Å². The van der Waals surface area contributed by atoms with Crippen molar-refractivity contribution >= 4 is 23.5 Å². The molecule has 2 aromatic carbocycles. The SMILES string of the molecule is O=C(O)c1ccccc1C(=O)NC(Cc1ccc([N+](=O)[O-])cc1)C(=O)O. The van der Waals surface area contributed by atoms with Crippen molar-refractivity contribution in [3.05, 3.63) is 75.3 Å². The summed E-state index contributed by atoms with van der Waals surface area (Å²) in [5.74, 6) is -3.46. The van der Waals surface area contributed by atoms with E-state index in [4.69, 9.17) is 5.11 Å². The zero-order valence-corrected chi connectivity index (χ0v) is 13.3. The predicted octanol–water partition coefficient (Wildman–Crippen LogP) is 1.72. The van der Waals surface area contributed by atoms with Gasteiger partial charge < -0.3 is 15.5 Å². The number of carboxylic acid groups (broad SMARTS) is 2. The third-order valence-electron chi connectivity index (χ3n) is 3.59. The molecular formula is C17H14N2O7. The highest BCUT2D eigenvalue weighted by atomic mass is 16.6. The van der Waals surface area contributed by atoms with E-state index in [9.17, 15) is 29.6 Å². The van der Waals surface area contributed by atoms with Crippen molar-refractivity contribution in [2.75, 3.05) is 0 Å². The molecule has 134 valence electrons. The van der Waals surface area contributed by atoms with Crippen LogP contribution in [0, 0.1) is 10.1 Å². The third-order valence-corrected chi connectivity index (χ3v) is 3.59. The monoisotopic (exact) mass is 358 g/mol. The van der Waals surface area contributed by atoms with Gasteiger partial charge in [-0.15, -0.1) is 0 Å². The number of carboxylic acids is 2. The van der Waals surface area contributed by atoms with Gasteiger partial charge in [0.1, 0.15) is 6.04 Å². The molecule has 9 nitrogen and oxygen atoms in total. The summed E-state index contributed by atoms with van der Waals surface area (Å²) in [5, 5.41) is 31.3. The van der Waals surface area contributed by atoms with Crippen LogP contribution in [0.15, 0.2) is 48.5 Å². The molecule has 0 saturated carbocycles. The number of nitro benzene ring substituents is 1. The van der Waals surface area contributed by atoms with E-state index in [0.29, 0.717) is 5.56 Å². The van der Waals surface area contributed by atoms with Gasteiger partial charge in [0.25, 0.3) is 11.6 Å². The van der Waals surface area contributed by atoms with Gasteiger partial charge in [-0.05, 0) is 17.7 Å². The highest BCUT2D eigenvalue weighted by molar-refractivity contribution is 6.05. The topological polar surface area (TPSA) is 147 Å². The van der Waals surface area contributed by atoms with Crippen LogP contribution in [-0.4, -0.2) is 39.0 Å². The van der Waals surface area contributed by atoms with Crippen LogP contribution in [0.1, 0.15) is 26.3 Å². The number of non-ortho nitro benzene ring substituents is 1. The Bertz CT molecular complexity index is 862. The Morgan fingerprint density at radius 2 is 1.58 bits per heavy atom. The van der Waals surface area contributed by atoms with Gasteiger partial charge in [-0.25, -0.2) is 9.59 Å². The van der Waals surface area contributed by atoms with E-state index in [2.05, 4.69) is 5.32 Å². The van der Waals surface area contributed by atoms with E-state index in [1.54, 1.807) is 0 Å². The first kappa shape index (κ1) is 18.6. The number of amides is 1. The van der Waals surface area contributed by atoms with Crippen molar-refractivity contribution in [3.63, 3.8) is 0 Å². The van der Waals surface area contributed by atoms with Crippen molar-refractivity contribution in [2.45, 2.75) is 12.5 Å². The van der Waals surface area contributed by atoms with Gasteiger partial charge in [0, 0.05) is 18.6 Å². The Kier molecular flexibility index (Phi) is 5.63. The number of hydrogen-bond acceptors (Lipinski definition) is 5. The molecular weight excluding hydrogens is 344 g/mol. The first-order valence-electron chi connectivity index (χ1n) is 7.39. The zero-order chi connectivity index (χ0) is 19.3. The molecule has 0 saturated heterocycles. The van der Waals surface area contributed by atoms with Gasteiger partial charge in [-0.1, -0.05) is 24.3 Å². The number of rotatable bonds is 7. The van der Waals surface area contributed by atoms with Crippen molar-refractivity contribution in [2.24, 2.45) is 0 Å². The Morgan fingerprint density at radius 3 is 2.08 bits per heavy atom. The van der Waals surface area contributed by atoms with Gasteiger partial charge >= 0.3 is 11.9 Å². The van der Waals surface area contributed by atoms with Crippen LogP contribution in [-0.2, 0) is 11.2 Å². The molecule has 0 heterocycles. The van der Waals surface area contributed by atoms with Gasteiger partial charge in [0.15, 0.2) is 0 Å². The lowest BCUT2D eigenvalue weighted by Gasteiger charge is -2.15. The average molecular weight is 358 g/mol. The standard InChI is InChI=1S/C17H14N2O7/c20-15(12-3-1-2-4-13(12)16(21)22)18-14(17(23)24)9-10-5-7-11(8-6-10)19(25)26/h1-8,14H,9H2,(H,18,20)(H,21,22)(H,23,24). The minimum atomic E-state index is -1.33. The van der Waals surface area contributed by atoms with Crippen LogP contribution in [0.5, 0.6) is 0 Å².